The van der Waals surface area contributed by atoms with Gasteiger partial charge in [0.2, 0.25) is 0 Å². The predicted molar refractivity (Wildman–Crippen MR) is 106 cm³/mol. The van der Waals surface area contributed by atoms with Crippen LogP contribution in [0, 0.1) is 12.8 Å². The number of nitrogens with zero attached hydrogens (tertiary/aromatic N) is 3. The van der Waals surface area contributed by atoms with Crippen LogP contribution in [0.15, 0.2) is 36.0 Å². The van der Waals surface area contributed by atoms with Gasteiger partial charge >= 0.3 is 6.03 Å². The summed E-state index contributed by atoms with van der Waals surface area (Å²) in [5.74, 6) is 0.0711. The van der Waals surface area contributed by atoms with Crippen molar-refractivity contribution in [1.82, 2.24) is 15.1 Å². The van der Waals surface area contributed by atoms with Gasteiger partial charge in [0, 0.05) is 26.3 Å². The Bertz CT molecular complexity index is 848. The molecular weight excluding hydrogens is 356 g/mol. The molecule has 3 atom stereocenters. The monoisotopic (exact) mass is 382 g/mol. The maximum atomic E-state index is 13.2. The standard InChI is InChI=1S/C21H26N4O3/c1-13-6-8-15(9-7-13)25-20(27)18-17(22-21(25)28)16(12-23(18)3)19(26)24-10-4-5-14(2)11-24/h6-9,12,14,17-18H,4-5,10-11H2,1-3H3,(H,22,28). The highest BCUT2D eigenvalue weighted by Gasteiger charge is 2.50. The molecule has 28 heavy (non-hydrogen) atoms. The van der Waals surface area contributed by atoms with E-state index in [9.17, 15) is 14.4 Å². The van der Waals surface area contributed by atoms with Gasteiger partial charge in [-0.05, 0) is 37.8 Å². The molecule has 2 saturated heterocycles. The molecule has 0 saturated carbocycles. The molecule has 148 valence electrons. The third kappa shape index (κ3) is 3.04. The molecule has 2 fully saturated rings. The number of likely N-dealkylation sites (N-methyl/N-ethyl adjacent to an activating group) is 1. The summed E-state index contributed by atoms with van der Waals surface area (Å²) in [6.45, 7) is 5.53. The van der Waals surface area contributed by atoms with Crippen molar-refractivity contribution in [1.29, 1.82) is 0 Å². The van der Waals surface area contributed by atoms with E-state index in [1.165, 1.54) is 4.90 Å². The lowest BCUT2D eigenvalue weighted by Gasteiger charge is -2.38. The summed E-state index contributed by atoms with van der Waals surface area (Å²) in [6, 6.07) is 5.54. The third-order valence-corrected chi connectivity index (χ3v) is 5.87. The zero-order chi connectivity index (χ0) is 20.0. The number of piperidine rings is 1. The molecule has 4 rings (SSSR count). The van der Waals surface area contributed by atoms with E-state index >= 15 is 0 Å². The summed E-state index contributed by atoms with van der Waals surface area (Å²) in [5.41, 5.74) is 2.08. The first kappa shape index (κ1) is 18.5. The number of amides is 4. The Labute approximate surface area is 165 Å². The molecule has 7 heteroatoms. The number of urea groups is 1. The SMILES string of the molecule is Cc1ccc(N2C(=O)NC3C(C(=O)N4CCCC(C)C4)=CN(C)C3C2=O)cc1. The Morgan fingerprint density at radius 3 is 2.57 bits per heavy atom. The Morgan fingerprint density at radius 1 is 1.18 bits per heavy atom. The number of aryl methyl sites for hydroxylation is 1. The van der Waals surface area contributed by atoms with E-state index in [1.807, 2.05) is 24.0 Å². The van der Waals surface area contributed by atoms with Gasteiger partial charge in [-0.25, -0.2) is 9.69 Å². The lowest BCUT2D eigenvalue weighted by molar-refractivity contribution is -0.129. The number of anilines is 1. The van der Waals surface area contributed by atoms with Crippen LogP contribution in [0.4, 0.5) is 10.5 Å². The number of imide groups is 1. The smallest absolute Gasteiger partial charge is 0.329 e. The van der Waals surface area contributed by atoms with E-state index in [0.717, 1.165) is 24.9 Å². The molecule has 0 radical (unpaired) electrons. The van der Waals surface area contributed by atoms with Crippen LogP contribution in [0.3, 0.4) is 0 Å². The van der Waals surface area contributed by atoms with Crippen molar-refractivity contribution in [3.05, 3.63) is 41.6 Å². The van der Waals surface area contributed by atoms with E-state index in [4.69, 9.17) is 0 Å². The summed E-state index contributed by atoms with van der Waals surface area (Å²) in [7, 11) is 1.78. The van der Waals surface area contributed by atoms with Crippen molar-refractivity contribution in [2.45, 2.75) is 38.8 Å². The van der Waals surface area contributed by atoms with Crippen molar-refractivity contribution in [3.8, 4) is 0 Å². The fourth-order valence-electron chi connectivity index (χ4n) is 4.37. The Morgan fingerprint density at radius 2 is 1.89 bits per heavy atom. The average molecular weight is 382 g/mol. The van der Waals surface area contributed by atoms with Gasteiger partial charge in [-0.3, -0.25) is 9.59 Å². The van der Waals surface area contributed by atoms with Crippen LogP contribution in [0.2, 0.25) is 0 Å². The van der Waals surface area contributed by atoms with Crippen molar-refractivity contribution in [2.75, 3.05) is 25.0 Å². The number of likely N-dealkylation sites (tertiary alicyclic amines) is 1. The molecule has 4 amide bonds. The van der Waals surface area contributed by atoms with Gasteiger partial charge in [0.15, 0.2) is 0 Å². The van der Waals surface area contributed by atoms with Crippen LogP contribution in [0.25, 0.3) is 0 Å². The number of nitrogens with one attached hydrogen (secondary N) is 1. The molecular formula is C21H26N4O3. The van der Waals surface area contributed by atoms with Crippen molar-refractivity contribution >= 4 is 23.5 Å². The number of benzene rings is 1. The number of rotatable bonds is 2. The number of fused-ring (bicyclic) bond motifs is 1. The average Bonchev–Trinajstić information content (AvgIpc) is 2.99. The van der Waals surface area contributed by atoms with E-state index in [-0.39, 0.29) is 11.8 Å². The maximum Gasteiger partial charge on any atom is 0.329 e. The number of carbonyl (C=O) groups is 3. The van der Waals surface area contributed by atoms with Gasteiger partial charge in [-0.1, -0.05) is 24.6 Å². The minimum absolute atomic E-state index is 0.0808. The van der Waals surface area contributed by atoms with E-state index in [0.29, 0.717) is 23.7 Å². The second-order valence-corrected chi connectivity index (χ2v) is 8.13. The van der Waals surface area contributed by atoms with Crippen molar-refractivity contribution in [3.63, 3.8) is 0 Å². The minimum Gasteiger partial charge on any atom is -0.366 e. The highest BCUT2D eigenvalue weighted by molar-refractivity contribution is 6.19. The first-order valence-electron chi connectivity index (χ1n) is 9.81. The minimum atomic E-state index is -0.614. The van der Waals surface area contributed by atoms with Crippen LogP contribution >= 0.6 is 0 Å². The van der Waals surface area contributed by atoms with E-state index in [2.05, 4.69) is 12.2 Å². The lowest BCUT2D eigenvalue weighted by atomic mass is 9.96. The van der Waals surface area contributed by atoms with E-state index < -0.39 is 18.1 Å². The Kier molecular flexibility index (Phi) is 4.61. The normalized spacial score (nSPS) is 27.5. The van der Waals surface area contributed by atoms with Crippen LogP contribution in [0.5, 0.6) is 0 Å². The number of carbonyl (C=O) groups excluding carboxylic acids is 3. The second-order valence-electron chi connectivity index (χ2n) is 8.13. The fourth-order valence-corrected chi connectivity index (χ4v) is 4.37. The van der Waals surface area contributed by atoms with Crippen molar-refractivity contribution < 1.29 is 14.4 Å². The van der Waals surface area contributed by atoms with Gasteiger partial charge in [0.05, 0.1) is 17.3 Å². The van der Waals surface area contributed by atoms with E-state index in [1.54, 1.807) is 30.3 Å². The molecule has 1 aromatic carbocycles. The summed E-state index contributed by atoms with van der Waals surface area (Å²) in [4.78, 5) is 43.8. The topological polar surface area (TPSA) is 73.0 Å². The van der Waals surface area contributed by atoms with Gasteiger partial charge in [-0.2, -0.15) is 0 Å². The Balaban J connectivity index is 1.58. The van der Waals surface area contributed by atoms with Crippen LogP contribution in [-0.2, 0) is 9.59 Å². The van der Waals surface area contributed by atoms with Crippen molar-refractivity contribution in [2.24, 2.45) is 5.92 Å². The molecule has 0 aliphatic carbocycles. The highest BCUT2D eigenvalue weighted by atomic mass is 16.2. The second kappa shape index (κ2) is 6.96. The molecule has 0 bridgehead atoms. The quantitative estimate of drug-likeness (QED) is 0.848. The van der Waals surface area contributed by atoms with Crippen LogP contribution in [0.1, 0.15) is 25.3 Å². The van der Waals surface area contributed by atoms with Gasteiger partial charge in [0.1, 0.15) is 6.04 Å². The molecule has 3 heterocycles. The highest BCUT2D eigenvalue weighted by Crippen LogP contribution is 2.31. The number of hydrogen-bond donors (Lipinski definition) is 1. The first-order valence-corrected chi connectivity index (χ1v) is 9.81. The summed E-state index contributed by atoms with van der Waals surface area (Å²) in [6.07, 6.45) is 3.82. The lowest BCUT2D eigenvalue weighted by Crippen LogP contribution is -2.65. The van der Waals surface area contributed by atoms with Gasteiger partial charge < -0.3 is 15.1 Å². The number of hydrogen-bond acceptors (Lipinski definition) is 4. The predicted octanol–water partition coefficient (Wildman–Crippen LogP) is 1.88. The first-order chi connectivity index (χ1) is 13.4. The zero-order valence-corrected chi connectivity index (χ0v) is 16.5. The Hall–Kier alpha value is -2.83. The molecule has 7 nitrogen and oxygen atoms in total. The maximum absolute atomic E-state index is 13.2. The zero-order valence-electron chi connectivity index (χ0n) is 16.5. The van der Waals surface area contributed by atoms with Crippen LogP contribution < -0.4 is 10.2 Å². The summed E-state index contributed by atoms with van der Waals surface area (Å²) >= 11 is 0. The summed E-state index contributed by atoms with van der Waals surface area (Å²) < 4.78 is 0. The fraction of sp³-hybridized carbons (Fsp3) is 0.476. The van der Waals surface area contributed by atoms with Gasteiger partial charge in [0.25, 0.3) is 11.8 Å². The molecule has 1 N–H and O–H groups in total. The summed E-state index contributed by atoms with van der Waals surface area (Å²) in [5, 5.41) is 2.89. The molecule has 3 aliphatic rings. The molecule has 3 aliphatic heterocycles. The third-order valence-electron chi connectivity index (χ3n) is 5.87. The largest absolute Gasteiger partial charge is 0.366 e. The molecule has 0 aromatic heterocycles. The molecule has 3 unspecified atom stereocenters. The molecule has 1 aromatic rings. The van der Waals surface area contributed by atoms with Crippen LogP contribution in [-0.4, -0.2) is 59.9 Å². The molecule has 0 spiro atoms. The van der Waals surface area contributed by atoms with Gasteiger partial charge in [-0.15, -0.1) is 0 Å².